The van der Waals surface area contributed by atoms with Crippen molar-refractivity contribution in [3.8, 4) is 0 Å². The van der Waals surface area contributed by atoms with Crippen molar-refractivity contribution in [2.45, 2.75) is 31.1 Å². The van der Waals surface area contributed by atoms with Gasteiger partial charge in [0.2, 0.25) is 0 Å². The first-order chi connectivity index (χ1) is 5.93. The van der Waals surface area contributed by atoms with Crippen LogP contribution in [-0.4, -0.2) is 0 Å². The number of hydrogen-bond donors (Lipinski definition) is 0. The number of halogens is 2. The number of hydrogen-bond acceptors (Lipinski definition) is 1. The molecule has 1 aromatic rings. The SMILES string of the molecule is CC(C)(C)c1cc(Br)cc(SCl)c1. The Morgan fingerprint density at radius 3 is 2.31 bits per heavy atom. The van der Waals surface area contributed by atoms with Gasteiger partial charge in [-0.2, -0.15) is 0 Å². The van der Waals surface area contributed by atoms with E-state index in [9.17, 15) is 0 Å². The normalized spacial score (nSPS) is 11.8. The lowest BCUT2D eigenvalue weighted by atomic mass is 9.87. The Kier molecular flexibility index (Phi) is 3.73. The van der Waals surface area contributed by atoms with Crippen molar-refractivity contribution in [2.24, 2.45) is 0 Å². The Balaban J connectivity index is 3.16. The third kappa shape index (κ3) is 3.19. The second-order valence-electron chi connectivity index (χ2n) is 4.00. The summed E-state index contributed by atoms with van der Waals surface area (Å²) in [6.45, 7) is 6.58. The predicted molar refractivity (Wildman–Crippen MR) is 64.6 cm³/mol. The largest absolute Gasteiger partial charge is 0.0561 e. The second-order valence-corrected chi connectivity index (χ2v) is 6.01. The molecule has 0 aliphatic carbocycles. The molecule has 1 aromatic carbocycles. The standard InChI is InChI=1S/C10H12BrClS/c1-10(2,3)7-4-8(11)6-9(5-7)13-12/h4-6H,1-3H3. The summed E-state index contributed by atoms with van der Waals surface area (Å²) in [4.78, 5) is 1.08. The summed E-state index contributed by atoms with van der Waals surface area (Å²) < 4.78 is 1.09. The van der Waals surface area contributed by atoms with Crippen molar-refractivity contribution in [2.75, 3.05) is 0 Å². The van der Waals surface area contributed by atoms with Crippen LogP contribution in [0.15, 0.2) is 27.6 Å². The summed E-state index contributed by atoms with van der Waals surface area (Å²) in [7, 11) is 6.97. The Morgan fingerprint density at radius 2 is 1.85 bits per heavy atom. The van der Waals surface area contributed by atoms with Crippen LogP contribution in [0.25, 0.3) is 0 Å². The van der Waals surface area contributed by atoms with Crippen LogP contribution < -0.4 is 0 Å². The summed E-state index contributed by atoms with van der Waals surface area (Å²) in [5.74, 6) is 0. The smallest absolute Gasteiger partial charge is 0.0247 e. The van der Waals surface area contributed by atoms with E-state index in [0.29, 0.717) is 0 Å². The maximum absolute atomic E-state index is 5.72. The highest BCUT2D eigenvalue weighted by Crippen LogP contribution is 2.32. The van der Waals surface area contributed by atoms with Crippen LogP contribution in [0.2, 0.25) is 0 Å². The van der Waals surface area contributed by atoms with Gasteiger partial charge in [-0.05, 0) is 50.8 Å². The maximum atomic E-state index is 5.72. The molecule has 0 spiro atoms. The van der Waals surface area contributed by atoms with E-state index >= 15 is 0 Å². The molecule has 0 unspecified atom stereocenters. The molecule has 0 fully saturated rings. The fourth-order valence-electron chi connectivity index (χ4n) is 1.04. The molecule has 0 N–H and O–H groups in total. The first-order valence-corrected chi connectivity index (χ1v) is 6.47. The van der Waals surface area contributed by atoms with Crippen LogP contribution in [0.4, 0.5) is 0 Å². The van der Waals surface area contributed by atoms with E-state index in [4.69, 9.17) is 10.7 Å². The second kappa shape index (κ2) is 4.24. The van der Waals surface area contributed by atoms with Gasteiger partial charge in [0, 0.05) is 9.37 Å². The zero-order valence-electron chi connectivity index (χ0n) is 7.90. The third-order valence-corrected chi connectivity index (χ3v) is 3.23. The van der Waals surface area contributed by atoms with Gasteiger partial charge in [-0.1, -0.05) is 36.7 Å². The van der Waals surface area contributed by atoms with Crippen LogP contribution in [-0.2, 0) is 5.41 Å². The molecule has 3 heteroatoms. The van der Waals surface area contributed by atoms with Gasteiger partial charge >= 0.3 is 0 Å². The highest BCUT2D eigenvalue weighted by atomic mass is 79.9. The van der Waals surface area contributed by atoms with Gasteiger partial charge in [0.1, 0.15) is 0 Å². The van der Waals surface area contributed by atoms with Crippen LogP contribution in [0.3, 0.4) is 0 Å². The van der Waals surface area contributed by atoms with E-state index in [-0.39, 0.29) is 5.41 Å². The minimum atomic E-state index is 0.172. The van der Waals surface area contributed by atoms with E-state index in [2.05, 4.69) is 48.8 Å². The average Bonchev–Trinajstić information content (AvgIpc) is 2.01. The monoisotopic (exact) mass is 278 g/mol. The molecule has 72 valence electrons. The minimum absolute atomic E-state index is 0.172. The lowest BCUT2D eigenvalue weighted by Gasteiger charge is -2.19. The van der Waals surface area contributed by atoms with Crippen molar-refractivity contribution in [1.29, 1.82) is 0 Å². The Morgan fingerprint density at radius 1 is 1.23 bits per heavy atom. The molecule has 1 rings (SSSR count). The van der Waals surface area contributed by atoms with Gasteiger partial charge in [0.05, 0.1) is 0 Å². The number of rotatable bonds is 1. The van der Waals surface area contributed by atoms with E-state index in [1.807, 2.05) is 6.07 Å². The van der Waals surface area contributed by atoms with Gasteiger partial charge in [0.25, 0.3) is 0 Å². The zero-order chi connectivity index (χ0) is 10.1. The summed E-state index contributed by atoms with van der Waals surface area (Å²) in [6, 6.07) is 6.28. The van der Waals surface area contributed by atoms with Crippen molar-refractivity contribution < 1.29 is 0 Å². The van der Waals surface area contributed by atoms with E-state index in [1.165, 1.54) is 16.5 Å². The van der Waals surface area contributed by atoms with Crippen LogP contribution in [0, 0.1) is 0 Å². The highest BCUT2D eigenvalue weighted by molar-refractivity contribution is 9.10. The molecule has 0 radical (unpaired) electrons. The van der Waals surface area contributed by atoms with E-state index < -0.39 is 0 Å². The van der Waals surface area contributed by atoms with Crippen molar-refractivity contribution in [3.63, 3.8) is 0 Å². The summed E-state index contributed by atoms with van der Waals surface area (Å²) in [5, 5.41) is 0. The molecule has 0 aliphatic heterocycles. The average molecular weight is 280 g/mol. The van der Waals surface area contributed by atoms with Crippen molar-refractivity contribution in [1.82, 2.24) is 0 Å². The molecule has 0 aromatic heterocycles. The van der Waals surface area contributed by atoms with Crippen molar-refractivity contribution >= 4 is 37.6 Å². The molecule has 0 atom stereocenters. The summed E-state index contributed by atoms with van der Waals surface area (Å²) in [6.07, 6.45) is 0. The van der Waals surface area contributed by atoms with Gasteiger partial charge in [-0.3, -0.25) is 0 Å². The minimum Gasteiger partial charge on any atom is -0.0561 e. The van der Waals surface area contributed by atoms with Crippen LogP contribution >= 0.6 is 37.6 Å². The topological polar surface area (TPSA) is 0 Å². The maximum Gasteiger partial charge on any atom is 0.0247 e. The fraction of sp³-hybridized carbons (Fsp3) is 0.400. The van der Waals surface area contributed by atoms with E-state index in [0.717, 1.165) is 9.37 Å². The third-order valence-electron chi connectivity index (χ3n) is 1.83. The molecular formula is C10H12BrClS. The Hall–Kier alpha value is 0.340. The lowest BCUT2D eigenvalue weighted by Crippen LogP contribution is -2.10. The summed E-state index contributed by atoms with van der Waals surface area (Å²) >= 11 is 3.47. The Labute approximate surface area is 96.7 Å². The lowest BCUT2D eigenvalue weighted by molar-refractivity contribution is 0.588. The van der Waals surface area contributed by atoms with Crippen LogP contribution in [0.5, 0.6) is 0 Å². The molecule has 0 nitrogen and oxygen atoms in total. The first kappa shape index (κ1) is 11.4. The van der Waals surface area contributed by atoms with Gasteiger partial charge in [-0.15, -0.1) is 0 Å². The highest BCUT2D eigenvalue weighted by Gasteiger charge is 2.14. The molecule has 0 aliphatic rings. The molecule has 0 saturated heterocycles. The number of benzene rings is 1. The fourth-order valence-corrected chi connectivity index (χ4v) is 2.30. The Bertz CT molecular complexity index is 304. The predicted octanol–water partition coefficient (Wildman–Crippen LogP) is 4.99. The molecule has 0 heterocycles. The van der Waals surface area contributed by atoms with E-state index in [1.54, 1.807) is 0 Å². The molecule has 0 amide bonds. The molecule has 0 saturated carbocycles. The zero-order valence-corrected chi connectivity index (χ0v) is 11.1. The molecule has 13 heavy (non-hydrogen) atoms. The van der Waals surface area contributed by atoms with Gasteiger partial charge in [-0.25, -0.2) is 0 Å². The van der Waals surface area contributed by atoms with Crippen molar-refractivity contribution in [3.05, 3.63) is 28.2 Å². The van der Waals surface area contributed by atoms with Gasteiger partial charge < -0.3 is 0 Å². The van der Waals surface area contributed by atoms with Crippen LogP contribution in [0.1, 0.15) is 26.3 Å². The first-order valence-electron chi connectivity index (χ1n) is 4.03. The van der Waals surface area contributed by atoms with Gasteiger partial charge in [0.15, 0.2) is 0 Å². The molecule has 0 bridgehead atoms. The quantitative estimate of drug-likeness (QED) is 0.698. The summed E-state index contributed by atoms with van der Waals surface area (Å²) in [5.41, 5.74) is 1.47. The molecular weight excluding hydrogens is 268 g/mol.